The van der Waals surface area contributed by atoms with Gasteiger partial charge in [0.25, 0.3) is 0 Å². The van der Waals surface area contributed by atoms with Gasteiger partial charge < -0.3 is 14.4 Å². The highest BCUT2D eigenvalue weighted by Crippen LogP contribution is 2.22. The van der Waals surface area contributed by atoms with Crippen LogP contribution in [0.4, 0.5) is 4.39 Å². The first-order valence-electron chi connectivity index (χ1n) is 4.94. The smallest absolute Gasteiger partial charge is 0.504 e. The van der Waals surface area contributed by atoms with Gasteiger partial charge in [-0.1, -0.05) is 13.3 Å². The van der Waals surface area contributed by atoms with Crippen LogP contribution in [-0.4, -0.2) is 19.3 Å². The molecule has 3 nitrogen and oxygen atoms in total. The largest absolute Gasteiger partial charge is 0.539 e. The van der Waals surface area contributed by atoms with Gasteiger partial charge in [-0.3, -0.25) is 0 Å². The molecule has 5 heteroatoms. The fraction of sp³-hybridized carbons (Fsp3) is 0.400. The molecular formula is C10H14BFO3. The Morgan fingerprint density at radius 1 is 1.47 bits per heavy atom. The van der Waals surface area contributed by atoms with Crippen molar-refractivity contribution in [3.05, 3.63) is 24.0 Å². The van der Waals surface area contributed by atoms with Gasteiger partial charge in [-0.05, 0) is 18.6 Å². The molecule has 0 aromatic heterocycles. The van der Waals surface area contributed by atoms with Crippen LogP contribution >= 0.6 is 0 Å². The molecule has 1 aromatic carbocycles. The van der Waals surface area contributed by atoms with Crippen molar-refractivity contribution in [2.75, 3.05) is 6.61 Å². The van der Waals surface area contributed by atoms with Gasteiger partial charge in [-0.15, -0.1) is 0 Å². The molecule has 0 aliphatic rings. The van der Waals surface area contributed by atoms with Crippen molar-refractivity contribution in [2.45, 2.75) is 19.8 Å². The zero-order valence-electron chi connectivity index (χ0n) is 8.70. The van der Waals surface area contributed by atoms with E-state index in [0.29, 0.717) is 6.61 Å². The molecule has 82 valence electrons. The van der Waals surface area contributed by atoms with Crippen LogP contribution in [0.5, 0.6) is 11.5 Å². The zero-order valence-corrected chi connectivity index (χ0v) is 8.70. The highest BCUT2D eigenvalue weighted by atomic mass is 19.1. The van der Waals surface area contributed by atoms with Gasteiger partial charge in [-0.25, -0.2) is 4.39 Å². The third-order valence-corrected chi connectivity index (χ3v) is 1.89. The van der Waals surface area contributed by atoms with Crippen LogP contribution in [0.2, 0.25) is 0 Å². The first-order chi connectivity index (χ1) is 7.27. The van der Waals surface area contributed by atoms with Crippen molar-refractivity contribution in [2.24, 2.45) is 0 Å². The normalized spacial score (nSPS) is 9.80. The monoisotopic (exact) mass is 212 g/mol. The van der Waals surface area contributed by atoms with Crippen molar-refractivity contribution >= 4 is 7.69 Å². The van der Waals surface area contributed by atoms with E-state index < -0.39 is 13.5 Å². The highest BCUT2D eigenvalue weighted by molar-refractivity contribution is 6.17. The second kappa shape index (κ2) is 6.29. The zero-order chi connectivity index (χ0) is 11.1. The quantitative estimate of drug-likeness (QED) is 0.575. The van der Waals surface area contributed by atoms with Crippen molar-refractivity contribution in [1.82, 2.24) is 0 Å². The van der Waals surface area contributed by atoms with E-state index in [2.05, 4.69) is 0 Å². The Morgan fingerprint density at radius 2 is 2.27 bits per heavy atom. The lowest BCUT2D eigenvalue weighted by Crippen LogP contribution is -2.02. The first kappa shape index (κ1) is 11.8. The Balaban J connectivity index is 2.58. The van der Waals surface area contributed by atoms with E-state index >= 15 is 0 Å². The summed E-state index contributed by atoms with van der Waals surface area (Å²) in [5.74, 6) is 0.0311. The van der Waals surface area contributed by atoms with Crippen LogP contribution in [0, 0.1) is 5.82 Å². The Bertz CT molecular complexity index is 307. The molecule has 0 aliphatic carbocycles. The molecule has 0 atom stereocenters. The lowest BCUT2D eigenvalue weighted by Gasteiger charge is -2.08. The van der Waals surface area contributed by atoms with E-state index in [1.807, 2.05) is 6.92 Å². The summed E-state index contributed by atoms with van der Waals surface area (Å²) in [4.78, 5) is 0. The summed E-state index contributed by atoms with van der Waals surface area (Å²) in [7, 11) is -0.463. The summed E-state index contributed by atoms with van der Waals surface area (Å²) in [5, 5.41) is 8.48. The van der Waals surface area contributed by atoms with Gasteiger partial charge >= 0.3 is 7.69 Å². The molecule has 0 amide bonds. The second-order valence-electron chi connectivity index (χ2n) is 3.07. The van der Waals surface area contributed by atoms with Crippen molar-refractivity contribution in [3.63, 3.8) is 0 Å². The van der Waals surface area contributed by atoms with Crippen LogP contribution in [0.25, 0.3) is 0 Å². The SMILES string of the molecule is CCCCOc1ccc(OBO)cc1F. The Kier molecular flexibility index (Phi) is 4.97. The Hall–Kier alpha value is -1.23. The van der Waals surface area contributed by atoms with Crippen LogP contribution in [-0.2, 0) is 0 Å². The lowest BCUT2D eigenvalue weighted by atomic mass is 10.3. The molecule has 0 saturated heterocycles. The topological polar surface area (TPSA) is 38.7 Å². The van der Waals surface area contributed by atoms with E-state index in [9.17, 15) is 4.39 Å². The highest BCUT2D eigenvalue weighted by Gasteiger charge is 2.05. The van der Waals surface area contributed by atoms with Gasteiger partial charge in [0.2, 0.25) is 0 Å². The molecule has 0 heterocycles. The van der Waals surface area contributed by atoms with Gasteiger partial charge in [0.05, 0.1) is 6.61 Å². The fourth-order valence-corrected chi connectivity index (χ4v) is 1.09. The van der Waals surface area contributed by atoms with E-state index in [0.717, 1.165) is 12.8 Å². The van der Waals surface area contributed by atoms with Crippen molar-refractivity contribution in [3.8, 4) is 11.5 Å². The number of halogens is 1. The minimum Gasteiger partial charge on any atom is -0.539 e. The molecule has 0 unspecified atom stereocenters. The van der Waals surface area contributed by atoms with E-state index in [1.54, 1.807) is 6.07 Å². The Labute approximate surface area is 89.1 Å². The molecule has 1 aromatic rings. The number of unbranched alkanes of at least 4 members (excludes halogenated alkanes) is 1. The molecular weight excluding hydrogens is 198 g/mol. The molecule has 0 radical (unpaired) electrons. The second-order valence-corrected chi connectivity index (χ2v) is 3.07. The predicted molar refractivity (Wildman–Crippen MR) is 56.8 cm³/mol. The maximum absolute atomic E-state index is 13.3. The van der Waals surface area contributed by atoms with Crippen LogP contribution in [0.1, 0.15) is 19.8 Å². The van der Waals surface area contributed by atoms with Crippen LogP contribution in [0.15, 0.2) is 18.2 Å². The average molecular weight is 212 g/mol. The summed E-state index contributed by atoms with van der Waals surface area (Å²) in [5.41, 5.74) is 0. The first-order valence-corrected chi connectivity index (χ1v) is 4.94. The lowest BCUT2D eigenvalue weighted by molar-refractivity contribution is 0.293. The molecule has 1 N–H and O–H groups in total. The predicted octanol–water partition coefficient (Wildman–Crippen LogP) is 1.64. The van der Waals surface area contributed by atoms with Crippen molar-refractivity contribution in [1.29, 1.82) is 0 Å². The van der Waals surface area contributed by atoms with Crippen molar-refractivity contribution < 1.29 is 18.8 Å². The third-order valence-electron chi connectivity index (χ3n) is 1.89. The summed E-state index contributed by atoms with van der Waals surface area (Å²) in [6.45, 7) is 2.55. The number of rotatable bonds is 6. The summed E-state index contributed by atoms with van der Waals surface area (Å²) in [6, 6.07) is 4.24. The van der Waals surface area contributed by atoms with Gasteiger partial charge in [-0.2, -0.15) is 0 Å². The number of ether oxygens (including phenoxy) is 1. The minimum atomic E-state index is -0.475. The third kappa shape index (κ3) is 3.79. The number of hydrogen-bond donors (Lipinski definition) is 1. The molecule has 0 bridgehead atoms. The van der Waals surface area contributed by atoms with Gasteiger partial charge in [0.15, 0.2) is 11.6 Å². The van der Waals surface area contributed by atoms with E-state index in [-0.39, 0.29) is 11.5 Å². The molecule has 15 heavy (non-hydrogen) atoms. The summed E-state index contributed by atoms with van der Waals surface area (Å²) < 4.78 is 23.3. The minimum absolute atomic E-state index is 0.216. The molecule has 0 fully saturated rings. The number of benzene rings is 1. The van der Waals surface area contributed by atoms with Crippen LogP contribution in [0.3, 0.4) is 0 Å². The van der Waals surface area contributed by atoms with E-state index in [1.165, 1.54) is 12.1 Å². The van der Waals surface area contributed by atoms with Gasteiger partial charge in [0.1, 0.15) is 5.75 Å². The standard InChI is InChI=1S/C10H14BFO3/c1-2-3-6-14-10-5-4-8(15-11-13)7-9(10)12/h4-5,7,11,13H,2-3,6H2,1H3. The maximum atomic E-state index is 13.3. The average Bonchev–Trinajstić information content (AvgIpc) is 2.22. The van der Waals surface area contributed by atoms with E-state index in [4.69, 9.17) is 14.4 Å². The molecule has 0 spiro atoms. The molecule has 0 aliphatic heterocycles. The molecule has 0 saturated carbocycles. The Morgan fingerprint density at radius 3 is 2.87 bits per heavy atom. The molecule has 1 rings (SSSR count). The van der Waals surface area contributed by atoms with Crippen LogP contribution < -0.4 is 9.39 Å². The van der Waals surface area contributed by atoms with Gasteiger partial charge in [0, 0.05) is 6.07 Å². The maximum Gasteiger partial charge on any atom is 0.504 e. The number of hydrogen-bond acceptors (Lipinski definition) is 3. The summed E-state index contributed by atoms with van der Waals surface area (Å²) >= 11 is 0. The fourth-order valence-electron chi connectivity index (χ4n) is 1.09. The summed E-state index contributed by atoms with van der Waals surface area (Å²) in [6.07, 6.45) is 1.90.